The molecule has 1 aromatic rings. The average Bonchev–Trinajstić information content (AvgIpc) is 2.70. The van der Waals surface area contributed by atoms with Crippen molar-refractivity contribution in [3.8, 4) is 0 Å². The Kier molecular flexibility index (Phi) is 3.58. The number of sulfonamides is 1. The van der Waals surface area contributed by atoms with Crippen molar-refractivity contribution in [2.45, 2.75) is 18.7 Å². The van der Waals surface area contributed by atoms with Gasteiger partial charge >= 0.3 is 0 Å². The van der Waals surface area contributed by atoms with Crippen molar-refractivity contribution in [3.63, 3.8) is 0 Å². The lowest BCUT2D eigenvalue weighted by atomic mass is 10.2. The Morgan fingerprint density at radius 2 is 1.89 bits per heavy atom. The smallest absolute Gasteiger partial charge is 0.266 e. The molecule has 1 aliphatic heterocycles. The van der Waals surface area contributed by atoms with Gasteiger partial charge in [0.2, 0.25) is 0 Å². The molecule has 0 saturated heterocycles. The second kappa shape index (κ2) is 4.72. The lowest BCUT2D eigenvalue weighted by molar-refractivity contribution is 0.537. The predicted octanol–water partition coefficient (Wildman–Crippen LogP) is 2.72. The number of benzene rings is 1. The Morgan fingerprint density at radius 3 is 2.44 bits per heavy atom. The van der Waals surface area contributed by atoms with Crippen LogP contribution >= 0.6 is 23.2 Å². The van der Waals surface area contributed by atoms with Crippen LogP contribution in [-0.4, -0.2) is 31.6 Å². The zero-order chi connectivity index (χ0) is 13.5. The molecule has 0 aliphatic carbocycles. The molecule has 0 N–H and O–H groups in total. The summed E-state index contributed by atoms with van der Waals surface area (Å²) in [6.07, 6.45) is 0. The van der Waals surface area contributed by atoms with Gasteiger partial charge in [0, 0.05) is 5.02 Å². The van der Waals surface area contributed by atoms with Gasteiger partial charge in [0.25, 0.3) is 10.0 Å². The van der Waals surface area contributed by atoms with Gasteiger partial charge in [-0.15, -0.1) is 0 Å². The van der Waals surface area contributed by atoms with Crippen molar-refractivity contribution >= 4 is 39.1 Å². The molecule has 0 bridgehead atoms. The van der Waals surface area contributed by atoms with Gasteiger partial charge < -0.3 is 0 Å². The Labute approximate surface area is 116 Å². The summed E-state index contributed by atoms with van der Waals surface area (Å²) in [4.78, 5) is 4.15. The predicted molar refractivity (Wildman–Crippen MR) is 73.1 cm³/mol. The molecular weight excluding hydrogens is 295 g/mol. The van der Waals surface area contributed by atoms with Crippen molar-refractivity contribution < 1.29 is 8.42 Å². The Balaban J connectivity index is 2.55. The minimum Gasteiger partial charge on any atom is -0.270 e. The zero-order valence-corrected chi connectivity index (χ0v) is 12.3. The summed E-state index contributed by atoms with van der Waals surface area (Å²) in [5.41, 5.74) is 0.674. The summed E-state index contributed by atoms with van der Waals surface area (Å²) < 4.78 is 26.2. The van der Waals surface area contributed by atoms with Crippen molar-refractivity contribution in [3.05, 3.63) is 27.7 Å². The van der Waals surface area contributed by atoms with Crippen molar-refractivity contribution in [2.24, 2.45) is 4.99 Å². The molecule has 18 heavy (non-hydrogen) atoms. The van der Waals surface area contributed by atoms with Crippen molar-refractivity contribution in [1.82, 2.24) is 4.31 Å². The quantitative estimate of drug-likeness (QED) is 0.843. The number of aryl methyl sites for hydroxylation is 1. The van der Waals surface area contributed by atoms with Crippen LogP contribution in [0.2, 0.25) is 10.0 Å². The van der Waals surface area contributed by atoms with Gasteiger partial charge in [-0.3, -0.25) is 9.30 Å². The highest BCUT2D eigenvalue weighted by Gasteiger charge is 2.30. The fraction of sp³-hybridized carbons (Fsp3) is 0.364. The molecule has 0 saturated carbocycles. The molecule has 0 unspecified atom stereocenters. The Bertz CT molecular complexity index is 626. The Morgan fingerprint density at radius 1 is 1.22 bits per heavy atom. The molecule has 0 fully saturated rings. The monoisotopic (exact) mass is 306 g/mol. The molecule has 1 aromatic carbocycles. The normalized spacial score (nSPS) is 16.0. The third kappa shape index (κ3) is 2.22. The highest BCUT2D eigenvalue weighted by atomic mass is 35.5. The zero-order valence-electron chi connectivity index (χ0n) is 9.94. The maximum absolute atomic E-state index is 12.4. The number of hydrogen-bond acceptors (Lipinski definition) is 3. The fourth-order valence-corrected chi connectivity index (χ4v) is 4.06. The second-order valence-corrected chi connectivity index (χ2v) is 6.68. The van der Waals surface area contributed by atoms with Crippen LogP contribution in [-0.2, 0) is 10.0 Å². The topological polar surface area (TPSA) is 49.7 Å². The summed E-state index contributed by atoms with van der Waals surface area (Å²) in [6, 6.07) is 2.94. The third-order valence-corrected chi connectivity index (χ3v) is 5.54. The molecule has 0 aromatic heterocycles. The van der Waals surface area contributed by atoms with Crippen LogP contribution in [0.3, 0.4) is 0 Å². The molecule has 0 amide bonds. The lowest BCUT2D eigenvalue weighted by Crippen LogP contribution is -2.33. The highest BCUT2D eigenvalue weighted by molar-refractivity contribution is 7.89. The second-order valence-electron chi connectivity index (χ2n) is 4.04. The molecule has 0 radical (unpaired) electrons. The van der Waals surface area contributed by atoms with E-state index in [4.69, 9.17) is 23.2 Å². The van der Waals surface area contributed by atoms with Gasteiger partial charge in [-0.1, -0.05) is 23.2 Å². The van der Waals surface area contributed by atoms with E-state index < -0.39 is 10.0 Å². The van der Waals surface area contributed by atoms with Crippen LogP contribution in [0.1, 0.15) is 12.5 Å². The summed E-state index contributed by atoms with van der Waals surface area (Å²) in [5.74, 6) is 0.485. The molecule has 4 nitrogen and oxygen atoms in total. The van der Waals surface area contributed by atoms with Crippen LogP contribution in [0.25, 0.3) is 0 Å². The summed E-state index contributed by atoms with van der Waals surface area (Å²) >= 11 is 11.9. The molecule has 7 heteroatoms. The van der Waals surface area contributed by atoms with E-state index in [9.17, 15) is 8.42 Å². The van der Waals surface area contributed by atoms with E-state index in [0.29, 0.717) is 29.5 Å². The van der Waals surface area contributed by atoms with Crippen LogP contribution in [0.4, 0.5) is 0 Å². The molecule has 0 spiro atoms. The van der Waals surface area contributed by atoms with E-state index in [1.807, 2.05) is 0 Å². The first kappa shape index (κ1) is 13.6. The van der Waals surface area contributed by atoms with E-state index >= 15 is 0 Å². The summed E-state index contributed by atoms with van der Waals surface area (Å²) in [5, 5.41) is 0.580. The van der Waals surface area contributed by atoms with Crippen LogP contribution in [0.5, 0.6) is 0 Å². The van der Waals surface area contributed by atoms with Crippen LogP contribution in [0, 0.1) is 6.92 Å². The van der Waals surface area contributed by atoms with Gasteiger partial charge in [0.1, 0.15) is 10.7 Å². The van der Waals surface area contributed by atoms with Gasteiger partial charge in [-0.05, 0) is 31.5 Å². The minimum absolute atomic E-state index is 0.0718. The molecule has 2 rings (SSSR count). The van der Waals surface area contributed by atoms with E-state index in [2.05, 4.69) is 4.99 Å². The van der Waals surface area contributed by atoms with E-state index in [-0.39, 0.29) is 9.92 Å². The summed E-state index contributed by atoms with van der Waals surface area (Å²) in [6.45, 7) is 4.24. The number of aliphatic imine (C=N–C) groups is 1. The molecular formula is C11H12Cl2N2O2S. The first-order valence-corrected chi connectivity index (χ1v) is 7.53. The van der Waals surface area contributed by atoms with Gasteiger partial charge in [0.15, 0.2) is 0 Å². The number of nitrogens with zero attached hydrogens (tertiary/aromatic N) is 2. The summed E-state index contributed by atoms with van der Waals surface area (Å²) in [7, 11) is -3.65. The molecule has 0 atom stereocenters. The van der Waals surface area contributed by atoms with Crippen LogP contribution < -0.4 is 0 Å². The van der Waals surface area contributed by atoms with E-state index in [1.165, 1.54) is 16.4 Å². The lowest BCUT2D eigenvalue weighted by Gasteiger charge is -2.19. The first-order valence-electron chi connectivity index (χ1n) is 5.33. The van der Waals surface area contributed by atoms with Gasteiger partial charge in [0.05, 0.1) is 18.1 Å². The van der Waals surface area contributed by atoms with E-state index in [1.54, 1.807) is 13.8 Å². The van der Waals surface area contributed by atoms with E-state index in [0.717, 1.165) is 0 Å². The minimum atomic E-state index is -3.65. The van der Waals surface area contributed by atoms with Gasteiger partial charge in [-0.25, -0.2) is 8.42 Å². The molecule has 1 heterocycles. The van der Waals surface area contributed by atoms with Gasteiger partial charge in [-0.2, -0.15) is 0 Å². The van der Waals surface area contributed by atoms with Crippen LogP contribution in [0.15, 0.2) is 22.0 Å². The third-order valence-electron chi connectivity index (χ3n) is 2.79. The number of amidine groups is 1. The highest BCUT2D eigenvalue weighted by Crippen LogP contribution is 2.30. The number of hydrogen-bond donors (Lipinski definition) is 0. The van der Waals surface area contributed by atoms with Crippen molar-refractivity contribution in [1.29, 1.82) is 0 Å². The molecule has 1 aliphatic rings. The maximum atomic E-state index is 12.4. The number of rotatable bonds is 2. The molecule has 98 valence electrons. The number of halogens is 2. The fourth-order valence-electron chi connectivity index (χ4n) is 1.78. The average molecular weight is 307 g/mol. The Hall–Kier alpha value is -0.780. The first-order chi connectivity index (χ1) is 8.34. The maximum Gasteiger partial charge on any atom is 0.266 e. The van der Waals surface area contributed by atoms with Crippen molar-refractivity contribution in [2.75, 3.05) is 13.1 Å². The largest absolute Gasteiger partial charge is 0.270 e. The standard InChI is InChI=1S/C11H12Cl2N2O2S/c1-7-5-11(10(13)6-9(7)12)18(16,17)15-4-3-14-8(15)2/h5-6H,3-4H2,1-2H3. The SMILES string of the molecule is CC1=NCCN1S(=O)(=O)c1cc(C)c(Cl)cc1Cl.